The van der Waals surface area contributed by atoms with Gasteiger partial charge < -0.3 is 9.84 Å². The van der Waals surface area contributed by atoms with Gasteiger partial charge in [-0.15, -0.1) is 5.10 Å². The number of benzene rings is 1. The second-order valence-electron chi connectivity index (χ2n) is 4.25. The molecule has 0 fully saturated rings. The average Bonchev–Trinajstić information content (AvgIpc) is 2.85. The Hall–Kier alpha value is -2.44. The van der Waals surface area contributed by atoms with E-state index < -0.39 is 12.6 Å². The molecule has 0 atom stereocenters. The summed E-state index contributed by atoms with van der Waals surface area (Å²) in [5.41, 5.74) is 0.623. The molecule has 2 aromatic rings. The molecule has 0 amide bonds. The summed E-state index contributed by atoms with van der Waals surface area (Å²) in [6, 6.07) is 7.04. The van der Waals surface area contributed by atoms with Gasteiger partial charge in [0.05, 0.1) is 0 Å². The Morgan fingerprint density at radius 3 is 2.84 bits per heavy atom. The Morgan fingerprint density at radius 1 is 1.42 bits per heavy atom. The van der Waals surface area contributed by atoms with Gasteiger partial charge >= 0.3 is 5.97 Å². The van der Waals surface area contributed by atoms with Crippen molar-refractivity contribution < 1.29 is 14.6 Å². The van der Waals surface area contributed by atoms with Crippen molar-refractivity contribution >= 4 is 5.97 Å². The van der Waals surface area contributed by atoms with E-state index in [9.17, 15) is 4.79 Å². The van der Waals surface area contributed by atoms with Crippen LogP contribution in [0.15, 0.2) is 24.3 Å². The van der Waals surface area contributed by atoms with Gasteiger partial charge in [-0.05, 0) is 22.6 Å². The van der Waals surface area contributed by atoms with Crippen molar-refractivity contribution in [1.82, 2.24) is 20.2 Å². The molecule has 0 saturated heterocycles. The van der Waals surface area contributed by atoms with Gasteiger partial charge in [-0.1, -0.05) is 26.0 Å². The fraction of sp³-hybridized carbons (Fsp3) is 0.333. The Balaban J connectivity index is 2.38. The lowest BCUT2D eigenvalue weighted by atomic mass is 10.2. The minimum atomic E-state index is -1.03. The first-order chi connectivity index (χ1) is 9.09. The highest BCUT2D eigenvalue weighted by atomic mass is 16.5. The second kappa shape index (κ2) is 5.47. The van der Waals surface area contributed by atoms with Crippen LogP contribution in [0.25, 0.3) is 5.69 Å². The Morgan fingerprint density at radius 2 is 2.16 bits per heavy atom. The maximum Gasteiger partial charge on any atom is 0.341 e. The van der Waals surface area contributed by atoms with Gasteiger partial charge in [0, 0.05) is 5.92 Å². The van der Waals surface area contributed by atoms with Crippen LogP contribution in [0.1, 0.15) is 25.6 Å². The van der Waals surface area contributed by atoms with E-state index in [0.29, 0.717) is 17.3 Å². The van der Waals surface area contributed by atoms with Crippen molar-refractivity contribution in [3.05, 3.63) is 30.1 Å². The number of hydrogen-bond donors (Lipinski definition) is 1. The van der Waals surface area contributed by atoms with Crippen molar-refractivity contribution in [3.8, 4) is 11.4 Å². The van der Waals surface area contributed by atoms with Crippen molar-refractivity contribution in [3.63, 3.8) is 0 Å². The predicted molar refractivity (Wildman–Crippen MR) is 66.4 cm³/mol. The van der Waals surface area contributed by atoms with Gasteiger partial charge in [-0.3, -0.25) is 0 Å². The molecule has 19 heavy (non-hydrogen) atoms. The first-order valence-corrected chi connectivity index (χ1v) is 5.82. The normalized spacial score (nSPS) is 10.7. The van der Waals surface area contributed by atoms with Gasteiger partial charge in [0.2, 0.25) is 0 Å². The summed E-state index contributed by atoms with van der Waals surface area (Å²) in [4.78, 5) is 10.6. The zero-order chi connectivity index (χ0) is 13.8. The topological polar surface area (TPSA) is 90.1 Å². The third-order valence-corrected chi connectivity index (χ3v) is 2.45. The fourth-order valence-corrected chi connectivity index (χ4v) is 1.62. The quantitative estimate of drug-likeness (QED) is 0.872. The molecule has 0 bridgehead atoms. The van der Waals surface area contributed by atoms with Crippen LogP contribution in [0, 0.1) is 0 Å². The molecule has 2 rings (SSSR count). The molecule has 0 spiro atoms. The van der Waals surface area contributed by atoms with Crippen LogP contribution < -0.4 is 4.74 Å². The summed E-state index contributed by atoms with van der Waals surface area (Å²) < 4.78 is 6.80. The van der Waals surface area contributed by atoms with E-state index in [2.05, 4.69) is 15.5 Å². The number of rotatable bonds is 5. The molecular weight excluding hydrogens is 248 g/mol. The molecule has 7 heteroatoms. The molecule has 1 heterocycles. The molecule has 7 nitrogen and oxygen atoms in total. The maximum atomic E-state index is 10.6. The standard InChI is InChI=1S/C12H14N4O3/c1-8(2)12-13-14-15-16(12)9-5-3-4-6-10(9)19-7-11(17)18/h3-6,8H,7H2,1-2H3,(H,17,18). The average molecular weight is 262 g/mol. The Labute approximate surface area is 109 Å². The highest BCUT2D eigenvalue weighted by molar-refractivity contribution is 5.68. The van der Waals surface area contributed by atoms with Gasteiger partial charge in [-0.2, -0.15) is 4.68 Å². The minimum Gasteiger partial charge on any atom is -0.480 e. The number of hydrogen-bond acceptors (Lipinski definition) is 5. The molecule has 0 saturated carbocycles. The summed E-state index contributed by atoms with van der Waals surface area (Å²) in [5.74, 6) is 0.226. The SMILES string of the molecule is CC(C)c1nnnn1-c1ccccc1OCC(=O)O. The molecule has 1 aromatic heterocycles. The van der Waals surface area contributed by atoms with E-state index in [1.165, 1.54) is 0 Å². The number of carbonyl (C=O) groups is 1. The number of carboxylic acids is 1. The molecule has 0 radical (unpaired) electrons. The number of ether oxygens (including phenoxy) is 1. The van der Waals surface area contributed by atoms with Gasteiger partial charge in [-0.25, -0.2) is 4.79 Å². The zero-order valence-electron chi connectivity index (χ0n) is 10.6. The van der Waals surface area contributed by atoms with Crippen molar-refractivity contribution in [2.45, 2.75) is 19.8 Å². The monoisotopic (exact) mass is 262 g/mol. The molecule has 0 aliphatic carbocycles. The molecule has 0 aliphatic rings. The van der Waals surface area contributed by atoms with Crippen molar-refractivity contribution in [2.75, 3.05) is 6.61 Å². The van der Waals surface area contributed by atoms with Gasteiger partial charge in [0.25, 0.3) is 0 Å². The highest BCUT2D eigenvalue weighted by Crippen LogP contribution is 2.24. The molecule has 1 aromatic carbocycles. The fourth-order valence-electron chi connectivity index (χ4n) is 1.62. The smallest absolute Gasteiger partial charge is 0.341 e. The van der Waals surface area contributed by atoms with Crippen LogP contribution in [0.4, 0.5) is 0 Å². The maximum absolute atomic E-state index is 10.6. The number of nitrogens with zero attached hydrogens (tertiary/aromatic N) is 4. The van der Waals surface area contributed by atoms with Crippen LogP contribution in [-0.2, 0) is 4.79 Å². The van der Waals surface area contributed by atoms with Crippen LogP contribution in [-0.4, -0.2) is 37.9 Å². The molecular formula is C12H14N4O3. The largest absolute Gasteiger partial charge is 0.480 e. The summed E-state index contributed by atoms with van der Waals surface area (Å²) >= 11 is 0. The zero-order valence-corrected chi connectivity index (χ0v) is 10.6. The van der Waals surface area contributed by atoms with Crippen molar-refractivity contribution in [1.29, 1.82) is 0 Å². The number of carboxylic acid groups (broad SMARTS) is 1. The second-order valence-corrected chi connectivity index (χ2v) is 4.25. The highest BCUT2D eigenvalue weighted by Gasteiger charge is 2.15. The van der Waals surface area contributed by atoms with Crippen LogP contribution >= 0.6 is 0 Å². The van der Waals surface area contributed by atoms with E-state index in [1.807, 2.05) is 19.9 Å². The van der Waals surface area contributed by atoms with Crippen LogP contribution in [0.5, 0.6) is 5.75 Å². The number of aromatic nitrogens is 4. The lowest BCUT2D eigenvalue weighted by Gasteiger charge is -2.11. The lowest BCUT2D eigenvalue weighted by molar-refractivity contribution is -0.139. The van der Waals surface area contributed by atoms with E-state index in [0.717, 1.165) is 0 Å². The van der Waals surface area contributed by atoms with E-state index in [1.54, 1.807) is 22.9 Å². The summed E-state index contributed by atoms with van der Waals surface area (Å²) in [7, 11) is 0. The van der Waals surface area contributed by atoms with Gasteiger partial charge in [0.15, 0.2) is 12.4 Å². The summed E-state index contributed by atoms with van der Waals surface area (Å²) in [5, 5.41) is 20.2. The third kappa shape index (κ3) is 2.87. The van der Waals surface area contributed by atoms with E-state index in [4.69, 9.17) is 9.84 Å². The summed E-state index contributed by atoms with van der Waals surface area (Å²) in [6.45, 7) is 3.54. The van der Waals surface area contributed by atoms with Crippen molar-refractivity contribution in [2.24, 2.45) is 0 Å². The molecule has 0 unspecified atom stereocenters. The van der Waals surface area contributed by atoms with E-state index >= 15 is 0 Å². The molecule has 100 valence electrons. The predicted octanol–water partition coefficient (Wildman–Crippen LogP) is 1.25. The third-order valence-electron chi connectivity index (χ3n) is 2.45. The first-order valence-electron chi connectivity index (χ1n) is 5.82. The van der Waals surface area contributed by atoms with Crippen LogP contribution in [0.3, 0.4) is 0 Å². The lowest BCUT2D eigenvalue weighted by Crippen LogP contribution is -2.12. The first kappa shape index (κ1) is 13.0. The van der Waals surface area contributed by atoms with Crippen LogP contribution in [0.2, 0.25) is 0 Å². The number of tetrazole rings is 1. The molecule has 0 aliphatic heterocycles. The molecule has 1 N–H and O–H groups in total. The number of aliphatic carboxylic acids is 1. The Bertz CT molecular complexity index is 580. The van der Waals surface area contributed by atoms with E-state index in [-0.39, 0.29) is 5.92 Å². The minimum absolute atomic E-state index is 0.141. The summed E-state index contributed by atoms with van der Waals surface area (Å²) in [6.07, 6.45) is 0. The number of para-hydroxylation sites is 2. The van der Waals surface area contributed by atoms with Gasteiger partial charge in [0.1, 0.15) is 11.4 Å². The Kier molecular flexibility index (Phi) is 3.74.